The predicted molar refractivity (Wildman–Crippen MR) is 189 cm³/mol. The molecule has 0 saturated carbocycles. The van der Waals surface area contributed by atoms with Gasteiger partial charge in [-0.15, -0.1) is 0 Å². The van der Waals surface area contributed by atoms with Crippen molar-refractivity contribution in [3.05, 3.63) is 85.1 Å². The SMILES string of the molecule is CC/C=C\C/C=C\C/C=C\C/C=C\C/C=C\CCCC(=O)NC(COP(=O)(O)OCCN)C(O)/C=C/CC/C=C/CCCCC. The summed E-state index contributed by atoms with van der Waals surface area (Å²) in [5, 5.41) is 13.4. The Morgan fingerprint density at radius 1 is 0.756 bits per heavy atom. The first kappa shape index (κ1) is 42.7. The van der Waals surface area contributed by atoms with Crippen LogP contribution in [0.3, 0.4) is 0 Å². The van der Waals surface area contributed by atoms with Crippen LogP contribution in [0.1, 0.15) is 104 Å². The van der Waals surface area contributed by atoms with Crippen LogP contribution in [0.4, 0.5) is 0 Å². The van der Waals surface area contributed by atoms with E-state index in [1.165, 1.54) is 19.3 Å². The quantitative estimate of drug-likeness (QED) is 0.0364. The van der Waals surface area contributed by atoms with E-state index in [2.05, 4.69) is 92.1 Å². The number of allylic oxidation sites excluding steroid dienone is 13. The second-order valence-electron chi connectivity index (χ2n) is 10.6. The van der Waals surface area contributed by atoms with Crippen molar-refractivity contribution in [1.82, 2.24) is 5.32 Å². The Balaban J connectivity index is 4.53. The maximum atomic E-state index is 12.6. The fourth-order valence-corrected chi connectivity index (χ4v) is 4.70. The first-order chi connectivity index (χ1) is 21.9. The van der Waals surface area contributed by atoms with Crippen molar-refractivity contribution in [2.24, 2.45) is 5.73 Å². The van der Waals surface area contributed by atoms with Gasteiger partial charge in [0.15, 0.2) is 0 Å². The number of phosphoric acid groups is 1. The van der Waals surface area contributed by atoms with E-state index in [1.807, 2.05) is 6.08 Å². The van der Waals surface area contributed by atoms with Crippen molar-refractivity contribution in [1.29, 1.82) is 0 Å². The summed E-state index contributed by atoms with van der Waals surface area (Å²) in [6.07, 6.45) is 40.8. The largest absolute Gasteiger partial charge is 0.472 e. The third-order valence-electron chi connectivity index (χ3n) is 6.45. The minimum Gasteiger partial charge on any atom is -0.387 e. The first-order valence-corrected chi connectivity index (χ1v) is 18.2. The number of unbranched alkanes of at least 4 members (excludes halogenated alkanes) is 5. The zero-order chi connectivity index (χ0) is 33.3. The summed E-state index contributed by atoms with van der Waals surface area (Å²) >= 11 is 0. The van der Waals surface area contributed by atoms with Crippen molar-refractivity contribution in [2.75, 3.05) is 19.8 Å². The third kappa shape index (κ3) is 30.1. The molecular formula is C36H61N2O6P. The highest BCUT2D eigenvalue weighted by Crippen LogP contribution is 2.43. The summed E-state index contributed by atoms with van der Waals surface area (Å²) in [4.78, 5) is 22.4. The molecule has 0 aromatic rings. The van der Waals surface area contributed by atoms with Gasteiger partial charge in [0.05, 0.1) is 25.4 Å². The Labute approximate surface area is 273 Å². The van der Waals surface area contributed by atoms with Crippen molar-refractivity contribution in [3.63, 3.8) is 0 Å². The van der Waals surface area contributed by atoms with Gasteiger partial charge in [-0.3, -0.25) is 13.8 Å². The molecule has 0 bridgehead atoms. The van der Waals surface area contributed by atoms with Gasteiger partial charge in [0, 0.05) is 13.0 Å². The molecule has 0 heterocycles. The minimum absolute atomic E-state index is 0.0599. The third-order valence-corrected chi connectivity index (χ3v) is 7.44. The second-order valence-corrected chi connectivity index (χ2v) is 12.1. The smallest absolute Gasteiger partial charge is 0.387 e. The number of amides is 1. The van der Waals surface area contributed by atoms with Gasteiger partial charge >= 0.3 is 7.82 Å². The topological polar surface area (TPSA) is 131 Å². The van der Waals surface area contributed by atoms with Crippen LogP contribution in [0.2, 0.25) is 0 Å². The summed E-state index contributed by atoms with van der Waals surface area (Å²) in [6.45, 7) is 3.85. The second kappa shape index (κ2) is 31.7. The van der Waals surface area contributed by atoms with Gasteiger partial charge in [-0.2, -0.15) is 0 Å². The average molecular weight is 649 g/mol. The standard InChI is InChI=1S/C36H61N2O6P/c1-3-5-7-9-11-13-14-15-16-17-18-19-20-22-24-26-28-30-36(40)38-34(33-44-45(41,42)43-32-31-37)35(39)29-27-25-23-21-12-10-8-6-4-2/h5,7,11-13,15-16,18-19,21-22,24,27,29,34-35,39H,3-4,6,8-10,14,17,20,23,25-26,28,30-33,37H2,1-2H3,(H,38,40)(H,41,42)/b7-5-,13-11-,16-15-,19-18-,21-12+,24-22-,29-27+. The zero-order valence-corrected chi connectivity index (χ0v) is 28.7. The van der Waals surface area contributed by atoms with E-state index in [-0.39, 0.29) is 32.1 Å². The van der Waals surface area contributed by atoms with Gasteiger partial charge in [-0.1, -0.05) is 112 Å². The summed E-state index contributed by atoms with van der Waals surface area (Å²) in [5.41, 5.74) is 5.32. The number of hydrogen-bond acceptors (Lipinski definition) is 6. The lowest BCUT2D eigenvalue weighted by Crippen LogP contribution is -2.45. The Morgan fingerprint density at radius 3 is 1.89 bits per heavy atom. The number of carbonyl (C=O) groups excluding carboxylic acids is 1. The van der Waals surface area contributed by atoms with Gasteiger partial charge in [0.1, 0.15) is 0 Å². The molecule has 3 unspecified atom stereocenters. The maximum Gasteiger partial charge on any atom is 0.472 e. The molecule has 9 heteroatoms. The van der Waals surface area contributed by atoms with E-state index in [1.54, 1.807) is 6.08 Å². The lowest BCUT2D eigenvalue weighted by molar-refractivity contribution is -0.122. The molecule has 1 amide bonds. The number of rotatable bonds is 29. The van der Waals surface area contributed by atoms with Crippen LogP contribution in [-0.2, 0) is 18.4 Å². The molecule has 45 heavy (non-hydrogen) atoms. The summed E-state index contributed by atoms with van der Waals surface area (Å²) in [6, 6.07) is -0.908. The molecule has 8 nitrogen and oxygen atoms in total. The van der Waals surface area contributed by atoms with Crippen LogP contribution in [0.25, 0.3) is 0 Å². The monoisotopic (exact) mass is 648 g/mol. The highest BCUT2D eigenvalue weighted by atomic mass is 31.2. The predicted octanol–water partition coefficient (Wildman–Crippen LogP) is 8.32. The number of nitrogens with two attached hydrogens (primary N) is 1. The Hall–Kier alpha value is -2.32. The molecule has 0 aliphatic rings. The number of aliphatic hydroxyl groups is 1. The van der Waals surface area contributed by atoms with Crippen LogP contribution >= 0.6 is 7.82 Å². The van der Waals surface area contributed by atoms with Gasteiger partial charge in [-0.25, -0.2) is 4.57 Å². The van der Waals surface area contributed by atoms with Crippen LogP contribution in [0.15, 0.2) is 85.1 Å². The average Bonchev–Trinajstić information content (AvgIpc) is 3.02. The Bertz CT molecular complexity index is 971. The molecule has 0 aromatic carbocycles. The molecule has 0 aromatic heterocycles. The summed E-state index contributed by atoms with van der Waals surface area (Å²) in [7, 11) is -4.35. The maximum absolute atomic E-state index is 12.6. The Kier molecular flexibility index (Phi) is 30.0. The van der Waals surface area contributed by atoms with Crippen molar-refractivity contribution in [3.8, 4) is 0 Å². The number of aliphatic hydroxyl groups excluding tert-OH is 1. The van der Waals surface area contributed by atoms with Crippen LogP contribution in [0.5, 0.6) is 0 Å². The van der Waals surface area contributed by atoms with Crippen molar-refractivity contribution >= 4 is 13.7 Å². The molecular weight excluding hydrogens is 587 g/mol. The molecule has 0 radical (unpaired) electrons. The number of nitrogens with one attached hydrogen (secondary N) is 1. The molecule has 0 saturated heterocycles. The van der Waals surface area contributed by atoms with Gasteiger partial charge in [0.25, 0.3) is 0 Å². The van der Waals surface area contributed by atoms with Crippen LogP contribution in [-0.4, -0.2) is 47.8 Å². The van der Waals surface area contributed by atoms with Crippen molar-refractivity contribution in [2.45, 2.75) is 116 Å². The van der Waals surface area contributed by atoms with Crippen LogP contribution < -0.4 is 11.1 Å². The molecule has 0 aliphatic carbocycles. The minimum atomic E-state index is -4.35. The molecule has 0 fully saturated rings. The first-order valence-electron chi connectivity index (χ1n) is 16.7. The number of hydrogen-bond donors (Lipinski definition) is 4. The zero-order valence-electron chi connectivity index (χ0n) is 27.8. The van der Waals surface area contributed by atoms with E-state index in [0.29, 0.717) is 6.42 Å². The normalized spacial score (nSPS) is 15.6. The van der Waals surface area contributed by atoms with Gasteiger partial charge in [-0.05, 0) is 70.6 Å². The molecule has 5 N–H and O–H groups in total. The van der Waals surface area contributed by atoms with Gasteiger partial charge in [0.2, 0.25) is 5.91 Å². The lowest BCUT2D eigenvalue weighted by atomic mass is 10.1. The highest BCUT2D eigenvalue weighted by Gasteiger charge is 2.26. The van der Waals surface area contributed by atoms with E-state index in [9.17, 15) is 19.4 Å². The van der Waals surface area contributed by atoms with E-state index in [0.717, 1.165) is 57.8 Å². The fraction of sp³-hybridized carbons (Fsp3) is 0.583. The molecule has 0 aliphatic heterocycles. The molecule has 256 valence electrons. The van der Waals surface area contributed by atoms with Crippen molar-refractivity contribution < 1.29 is 28.4 Å². The van der Waals surface area contributed by atoms with E-state index >= 15 is 0 Å². The summed E-state index contributed by atoms with van der Waals surface area (Å²) in [5.74, 6) is -0.269. The van der Waals surface area contributed by atoms with E-state index in [4.69, 9.17) is 14.8 Å². The molecule has 0 spiro atoms. The van der Waals surface area contributed by atoms with Gasteiger partial charge < -0.3 is 21.1 Å². The number of phosphoric ester groups is 1. The fourth-order valence-electron chi connectivity index (χ4n) is 3.94. The molecule has 3 atom stereocenters. The van der Waals surface area contributed by atoms with E-state index < -0.39 is 20.0 Å². The lowest BCUT2D eigenvalue weighted by Gasteiger charge is -2.23. The summed E-state index contributed by atoms with van der Waals surface area (Å²) < 4.78 is 21.9. The highest BCUT2D eigenvalue weighted by molar-refractivity contribution is 7.47. The van der Waals surface area contributed by atoms with Crippen LogP contribution in [0, 0.1) is 0 Å². The molecule has 0 rings (SSSR count). The number of carbonyl (C=O) groups is 1. The Morgan fingerprint density at radius 2 is 1.29 bits per heavy atom.